The molecule has 2 heterocycles. The maximum atomic E-state index is 13.6. The van der Waals surface area contributed by atoms with Crippen LogP contribution in [0.4, 0.5) is 14.5 Å². The number of aromatic nitrogens is 2. The summed E-state index contributed by atoms with van der Waals surface area (Å²) >= 11 is 0. The van der Waals surface area contributed by atoms with Gasteiger partial charge in [-0.3, -0.25) is 4.57 Å². The van der Waals surface area contributed by atoms with Gasteiger partial charge >= 0.3 is 6.55 Å². The van der Waals surface area contributed by atoms with Gasteiger partial charge in [-0.25, -0.2) is 4.98 Å². The molecular weight excluding hydrogens is 296 g/mol. The van der Waals surface area contributed by atoms with Crippen LogP contribution >= 0.6 is 0 Å². The molecule has 0 N–H and O–H groups in total. The molecule has 5 heteroatoms. The second-order valence-corrected chi connectivity index (χ2v) is 5.85. The molecule has 0 fully saturated rings. The Kier molecular flexibility index (Phi) is 3.29. The normalized spacial score (nSPS) is 15.4. The van der Waals surface area contributed by atoms with Crippen LogP contribution in [-0.4, -0.2) is 16.1 Å². The van der Waals surface area contributed by atoms with Crippen LogP contribution in [0.25, 0.3) is 11.0 Å². The fourth-order valence-corrected chi connectivity index (χ4v) is 3.47. The molecule has 0 saturated carbocycles. The fourth-order valence-electron chi connectivity index (χ4n) is 3.47. The third kappa shape index (κ3) is 2.19. The zero-order chi connectivity index (χ0) is 16.0. The zero-order valence-corrected chi connectivity index (χ0v) is 12.8. The number of hydrogen-bond donors (Lipinski definition) is 0. The first-order valence-electron chi connectivity index (χ1n) is 7.76. The first-order valence-corrected chi connectivity index (χ1v) is 7.76. The van der Waals surface area contributed by atoms with E-state index >= 15 is 0 Å². The van der Waals surface area contributed by atoms with Crippen molar-refractivity contribution in [1.29, 1.82) is 0 Å². The predicted octanol–water partition coefficient (Wildman–Crippen LogP) is 4.56. The molecule has 0 saturated heterocycles. The highest BCUT2D eigenvalue weighted by molar-refractivity contribution is 5.76. The van der Waals surface area contributed by atoms with Crippen molar-refractivity contribution in [2.45, 2.75) is 25.9 Å². The van der Waals surface area contributed by atoms with Crippen LogP contribution in [-0.2, 0) is 6.42 Å². The Morgan fingerprint density at radius 3 is 2.61 bits per heavy atom. The highest BCUT2D eigenvalue weighted by Gasteiger charge is 2.29. The Morgan fingerprint density at radius 1 is 1.04 bits per heavy atom. The molecule has 0 bridgehead atoms. The van der Waals surface area contributed by atoms with Crippen molar-refractivity contribution in [3.8, 4) is 0 Å². The van der Waals surface area contributed by atoms with Gasteiger partial charge in [0.2, 0.25) is 0 Å². The number of alkyl halides is 2. The second-order valence-electron chi connectivity index (χ2n) is 5.85. The summed E-state index contributed by atoms with van der Waals surface area (Å²) in [7, 11) is 0. The number of hydrogen-bond acceptors (Lipinski definition) is 2. The predicted molar refractivity (Wildman–Crippen MR) is 86.9 cm³/mol. The van der Waals surface area contributed by atoms with Gasteiger partial charge in [-0.05, 0) is 37.1 Å². The minimum Gasteiger partial charge on any atom is -0.361 e. The maximum Gasteiger partial charge on any atom is 0.320 e. The first kappa shape index (κ1) is 14.2. The third-order valence-electron chi connectivity index (χ3n) is 4.58. The maximum absolute atomic E-state index is 13.6. The molecule has 0 spiro atoms. The molecule has 3 aromatic rings. The molecule has 0 aliphatic carbocycles. The molecule has 0 radical (unpaired) electrons. The van der Waals surface area contributed by atoms with Gasteiger partial charge in [0.15, 0.2) is 0 Å². The van der Waals surface area contributed by atoms with Crippen molar-refractivity contribution in [2.75, 3.05) is 11.4 Å². The lowest BCUT2D eigenvalue weighted by atomic mass is 10.1. The molecule has 4 rings (SSSR count). The van der Waals surface area contributed by atoms with Crippen LogP contribution in [0.1, 0.15) is 30.9 Å². The molecule has 3 nitrogen and oxygen atoms in total. The Bertz CT molecular complexity index is 856. The van der Waals surface area contributed by atoms with Crippen LogP contribution in [0.3, 0.4) is 0 Å². The molecule has 1 atom stereocenters. The van der Waals surface area contributed by atoms with Gasteiger partial charge in [-0.2, -0.15) is 8.78 Å². The lowest BCUT2D eigenvalue weighted by molar-refractivity contribution is 0.0704. The van der Waals surface area contributed by atoms with E-state index in [1.54, 1.807) is 18.2 Å². The molecule has 118 valence electrons. The van der Waals surface area contributed by atoms with Crippen LogP contribution in [0.2, 0.25) is 0 Å². The number of nitrogens with zero attached hydrogens (tertiary/aromatic N) is 3. The highest BCUT2D eigenvalue weighted by atomic mass is 19.3. The molecular formula is C18H17F2N3. The quantitative estimate of drug-likeness (QED) is 0.707. The summed E-state index contributed by atoms with van der Waals surface area (Å²) < 4.78 is 28.3. The van der Waals surface area contributed by atoms with Crippen molar-refractivity contribution in [1.82, 2.24) is 9.55 Å². The van der Waals surface area contributed by atoms with E-state index < -0.39 is 6.55 Å². The van der Waals surface area contributed by atoms with Gasteiger partial charge in [0.1, 0.15) is 5.82 Å². The van der Waals surface area contributed by atoms with Gasteiger partial charge in [0.25, 0.3) is 0 Å². The van der Waals surface area contributed by atoms with Crippen molar-refractivity contribution >= 4 is 16.7 Å². The number of rotatable bonds is 3. The van der Waals surface area contributed by atoms with Crippen LogP contribution in [0.5, 0.6) is 0 Å². The van der Waals surface area contributed by atoms with E-state index in [1.807, 2.05) is 31.2 Å². The number of anilines is 1. The van der Waals surface area contributed by atoms with Crippen LogP contribution in [0.15, 0.2) is 48.5 Å². The minimum absolute atomic E-state index is 0.208. The topological polar surface area (TPSA) is 21.1 Å². The van der Waals surface area contributed by atoms with Crippen molar-refractivity contribution in [3.05, 3.63) is 59.9 Å². The number of imidazole rings is 1. The molecule has 2 aromatic carbocycles. The number of fused-ring (bicyclic) bond motifs is 2. The summed E-state index contributed by atoms with van der Waals surface area (Å²) in [5.41, 5.74) is 3.48. The lowest BCUT2D eigenvalue weighted by Gasteiger charge is -2.27. The van der Waals surface area contributed by atoms with Crippen LogP contribution in [0, 0.1) is 0 Å². The first-order chi connectivity index (χ1) is 11.2. The van der Waals surface area contributed by atoms with E-state index in [1.165, 1.54) is 5.56 Å². The number of benzene rings is 2. The minimum atomic E-state index is -2.60. The Labute approximate surface area is 133 Å². The van der Waals surface area contributed by atoms with Gasteiger partial charge < -0.3 is 4.90 Å². The van der Waals surface area contributed by atoms with Gasteiger partial charge in [0, 0.05) is 12.2 Å². The van der Waals surface area contributed by atoms with Gasteiger partial charge in [0.05, 0.1) is 17.1 Å². The van der Waals surface area contributed by atoms with Crippen LogP contribution < -0.4 is 4.90 Å². The summed E-state index contributed by atoms with van der Waals surface area (Å²) in [6.07, 6.45) is 0.940. The smallest absolute Gasteiger partial charge is 0.320 e. The number of para-hydroxylation sites is 3. The van der Waals surface area contributed by atoms with Gasteiger partial charge in [-0.15, -0.1) is 0 Å². The molecule has 0 amide bonds. The van der Waals surface area contributed by atoms with E-state index in [4.69, 9.17) is 0 Å². The summed E-state index contributed by atoms with van der Waals surface area (Å²) in [5, 5.41) is 0. The summed E-state index contributed by atoms with van der Waals surface area (Å²) in [6.45, 7) is 0.174. The summed E-state index contributed by atoms with van der Waals surface area (Å²) in [6, 6.07) is 15.0. The van der Waals surface area contributed by atoms with E-state index in [-0.39, 0.29) is 6.04 Å². The molecule has 1 aromatic heterocycles. The zero-order valence-electron chi connectivity index (χ0n) is 12.8. The SMILES string of the molecule is CC(c1nc2ccccc2n1C(F)F)N1CCc2ccccc21. The van der Waals surface area contributed by atoms with Crippen molar-refractivity contribution in [2.24, 2.45) is 0 Å². The Balaban J connectivity index is 1.82. The Morgan fingerprint density at radius 2 is 1.78 bits per heavy atom. The lowest BCUT2D eigenvalue weighted by Crippen LogP contribution is -2.27. The monoisotopic (exact) mass is 313 g/mol. The second kappa shape index (κ2) is 5.33. The fraction of sp³-hybridized carbons (Fsp3) is 0.278. The highest BCUT2D eigenvalue weighted by Crippen LogP contribution is 2.36. The largest absolute Gasteiger partial charge is 0.361 e. The average Bonchev–Trinajstić information content (AvgIpc) is 3.15. The van der Waals surface area contributed by atoms with Gasteiger partial charge in [-0.1, -0.05) is 30.3 Å². The molecule has 1 unspecified atom stereocenters. The van der Waals surface area contributed by atoms with E-state index in [9.17, 15) is 8.78 Å². The standard InChI is InChI=1S/C18H17F2N3/c1-12(22-11-10-13-6-2-4-8-15(13)22)17-21-14-7-3-5-9-16(14)23(17)18(19)20/h2-9,12,18H,10-11H2,1H3. The van der Waals surface area contributed by atoms with Crippen molar-refractivity contribution < 1.29 is 8.78 Å². The molecule has 1 aliphatic rings. The average molecular weight is 313 g/mol. The van der Waals surface area contributed by atoms with Crippen molar-refractivity contribution in [3.63, 3.8) is 0 Å². The van der Waals surface area contributed by atoms with E-state index in [0.717, 1.165) is 23.2 Å². The van der Waals surface area contributed by atoms with E-state index in [2.05, 4.69) is 16.0 Å². The van der Waals surface area contributed by atoms with E-state index in [0.29, 0.717) is 16.9 Å². The number of halogens is 2. The third-order valence-corrected chi connectivity index (χ3v) is 4.58. The summed E-state index contributed by atoms with van der Waals surface area (Å²) in [4.78, 5) is 6.65. The summed E-state index contributed by atoms with van der Waals surface area (Å²) in [5.74, 6) is 0.415. The Hall–Kier alpha value is -2.43. The molecule has 23 heavy (non-hydrogen) atoms. The molecule has 1 aliphatic heterocycles.